The average Bonchev–Trinajstić information content (AvgIpc) is 3.49. The first kappa shape index (κ1) is 37.1. The number of aliphatic imine (C=N–C) groups is 1. The van der Waals surface area contributed by atoms with Crippen molar-refractivity contribution < 1.29 is 19.1 Å². The van der Waals surface area contributed by atoms with E-state index in [9.17, 15) is 14.9 Å². The highest BCUT2D eigenvalue weighted by atomic mass is 35.5. The number of carbonyl (C=O) groups excluding carboxylic acids is 2. The van der Waals surface area contributed by atoms with Crippen LogP contribution in [-0.4, -0.2) is 91.6 Å². The van der Waals surface area contributed by atoms with E-state index in [1.54, 1.807) is 12.0 Å². The molecule has 2 aliphatic rings. The molecule has 3 amide bonds. The molecule has 2 heterocycles. The van der Waals surface area contributed by atoms with Crippen LogP contribution in [0.5, 0.6) is 5.75 Å². The number of nitrogens with zero attached hydrogens (tertiary/aromatic N) is 5. The lowest BCUT2D eigenvalue weighted by molar-refractivity contribution is -0.123. The molecule has 10 nitrogen and oxygen atoms in total. The Kier molecular flexibility index (Phi) is 12.1. The fourth-order valence-electron chi connectivity index (χ4n) is 6.36. The first-order chi connectivity index (χ1) is 23.9. The number of amides is 3. The van der Waals surface area contributed by atoms with Crippen molar-refractivity contribution in [3.8, 4) is 11.8 Å². The maximum Gasteiger partial charge on any atom is 0.326 e. The minimum Gasteiger partial charge on any atom is -0.493 e. The highest BCUT2D eigenvalue weighted by Crippen LogP contribution is 2.46. The second-order valence-corrected chi connectivity index (χ2v) is 14.0. The Balaban J connectivity index is 1.56. The van der Waals surface area contributed by atoms with Gasteiger partial charge >= 0.3 is 6.03 Å². The molecule has 3 atom stereocenters. The van der Waals surface area contributed by atoms with Gasteiger partial charge < -0.3 is 19.7 Å². The summed E-state index contributed by atoms with van der Waals surface area (Å²) in [4.78, 5) is 38.5. The molecule has 2 aliphatic heterocycles. The third-order valence-corrected chi connectivity index (χ3v) is 9.56. The van der Waals surface area contributed by atoms with E-state index in [-0.39, 0.29) is 24.5 Å². The number of nitrogens with one attached hydrogen (secondary N) is 1. The molecule has 5 rings (SSSR count). The Morgan fingerprint density at radius 3 is 2.20 bits per heavy atom. The predicted octanol–water partition coefficient (Wildman–Crippen LogP) is 6.63. The second kappa shape index (κ2) is 16.3. The van der Waals surface area contributed by atoms with Gasteiger partial charge in [0.05, 0.1) is 42.8 Å². The standard InChI is InChI=1S/C38H44Cl2N6O4/c1-6-50-32-16-11-28(38(3,4)24-41)21-31(32)36-43-34(26-7-12-29(39)13-8-26)35(27-9-14-30(40)15-10-27)46(36)37(48)45-19-17-44(18-20-45)22-33(47)42-25(2)23-49-5/h7-16,21,25,34-35H,6,17-20,22-23H2,1-5H3,(H,42,47)/t25?,34-,35+/m0/s1. The molecule has 0 spiro atoms. The highest BCUT2D eigenvalue weighted by molar-refractivity contribution is 6.30. The molecule has 3 aromatic carbocycles. The summed E-state index contributed by atoms with van der Waals surface area (Å²) in [6.07, 6.45) is 0. The molecule has 0 aliphatic carbocycles. The van der Waals surface area contributed by atoms with Crippen molar-refractivity contribution in [2.45, 2.75) is 51.2 Å². The number of amidine groups is 1. The monoisotopic (exact) mass is 718 g/mol. The van der Waals surface area contributed by atoms with Crippen LogP contribution in [0.3, 0.4) is 0 Å². The minimum atomic E-state index is -0.803. The van der Waals surface area contributed by atoms with Crippen LogP contribution < -0.4 is 10.1 Å². The largest absolute Gasteiger partial charge is 0.493 e. The summed E-state index contributed by atoms with van der Waals surface area (Å²) in [6.45, 7) is 10.5. The molecular weight excluding hydrogens is 675 g/mol. The summed E-state index contributed by atoms with van der Waals surface area (Å²) in [5, 5.41) is 14.1. The second-order valence-electron chi connectivity index (χ2n) is 13.2. The summed E-state index contributed by atoms with van der Waals surface area (Å²) < 4.78 is 11.3. The summed E-state index contributed by atoms with van der Waals surface area (Å²) in [6, 6.07) is 21.7. The van der Waals surface area contributed by atoms with Crippen molar-refractivity contribution >= 4 is 41.0 Å². The van der Waals surface area contributed by atoms with E-state index in [4.69, 9.17) is 37.7 Å². The average molecular weight is 720 g/mol. The SMILES string of the molecule is CCOc1ccc(C(C)(C)C#N)cc1C1=N[C@@H](c2ccc(Cl)cc2)[C@@H](c2ccc(Cl)cc2)N1C(=O)N1CCN(CC(=O)NC(C)COC)CC1. The molecule has 1 N–H and O–H groups in total. The number of hydrogen-bond donors (Lipinski definition) is 1. The maximum absolute atomic E-state index is 14.9. The molecule has 1 unspecified atom stereocenters. The maximum atomic E-state index is 14.9. The van der Waals surface area contributed by atoms with Crippen LogP contribution in [0, 0.1) is 11.3 Å². The summed E-state index contributed by atoms with van der Waals surface area (Å²) in [7, 11) is 1.60. The van der Waals surface area contributed by atoms with Crippen molar-refractivity contribution in [3.05, 3.63) is 99.0 Å². The van der Waals surface area contributed by atoms with Gasteiger partial charge in [0.1, 0.15) is 17.6 Å². The smallest absolute Gasteiger partial charge is 0.326 e. The van der Waals surface area contributed by atoms with Gasteiger partial charge in [-0.25, -0.2) is 4.79 Å². The normalized spacial score (nSPS) is 18.7. The zero-order valence-electron chi connectivity index (χ0n) is 29.2. The molecule has 1 saturated heterocycles. The van der Waals surface area contributed by atoms with E-state index in [2.05, 4.69) is 11.4 Å². The van der Waals surface area contributed by atoms with E-state index < -0.39 is 17.5 Å². The molecule has 0 saturated carbocycles. The first-order valence-electron chi connectivity index (χ1n) is 16.8. The lowest BCUT2D eigenvalue weighted by atomic mass is 9.85. The molecule has 1 fully saturated rings. The number of carbonyl (C=O) groups is 2. The van der Waals surface area contributed by atoms with Gasteiger partial charge in [0.2, 0.25) is 5.91 Å². The van der Waals surface area contributed by atoms with Crippen molar-refractivity contribution in [1.29, 1.82) is 5.26 Å². The van der Waals surface area contributed by atoms with Crippen LogP contribution in [0.1, 0.15) is 62.0 Å². The Bertz CT molecular complexity index is 1730. The Morgan fingerprint density at radius 1 is 1.00 bits per heavy atom. The van der Waals surface area contributed by atoms with Gasteiger partial charge in [-0.15, -0.1) is 0 Å². The van der Waals surface area contributed by atoms with Crippen molar-refractivity contribution in [1.82, 2.24) is 20.0 Å². The van der Waals surface area contributed by atoms with Crippen LogP contribution in [0.4, 0.5) is 4.79 Å². The number of halogens is 2. The highest BCUT2D eigenvalue weighted by Gasteiger charge is 2.45. The third-order valence-electron chi connectivity index (χ3n) is 9.05. The van der Waals surface area contributed by atoms with Gasteiger partial charge in [-0.05, 0) is 80.8 Å². The lowest BCUT2D eigenvalue weighted by Crippen LogP contribution is -2.55. The van der Waals surface area contributed by atoms with E-state index in [1.165, 1.54) is 0 Å². The Hall–Kier alpha value is -4.14. The van der Waals surface area contributed by atoms with Gasteiger partial charge in [-0.3, -0.25) is 19.6 Å². The topological polar surface area (TPSA) is 110 Å². The zero-order chi connectivity index (χ0) is 36.0. The first-order valence-corrected chi connectivity index (χ1v) is 17.6. The van der Waals surface area contributed by atoms with Gasteiger partial charge in [0.25, 0.3) is 0 Å². The number of nitriles is 1. The molecule has 0 radical (unpaired) electrons. The van der Waals surface area contributed by atoms with Crippen LogP contribution >= 0.6 is 23.2 Å². The molecule has 0 aromatic heterocycles. The van der Waals surface area contributed by atoms with Crippen LogP contribution in [0.15, 0.2) is 71.7 Å². The predicted molar refractivity (Wildman–Crippen MR) is 196 cm³/mol. The summed E-state index contributed by atoms with van der Waals surface area (Å²) in [5.74, 6) is 0.926. The van der Waals surface area contributed by atoms with Crippen LogP contribution in [0.2, 0.25) is 10.0 Å². The lowest BCUT2D eigenvalue weighted by Gasteiger charge is -2.39. The van der Waals surface area contributed by atoms with Crippen LogP contribution in [0.25, 0.3) is 0 Å². The molecule has 12 heteroatoms. The zero-order valence-corrected chi connectivity index (χ0v) is 30.7. The van der Waals surface area contributed by atoms with Crippen molar-refractivity contribution in [2.75, 3.05) is 53.0 Å². The van der Waals surface area contributed by atoms with Crippen molar-refractivity contribution in [2.24, 2.45) is 4.99 Å². The number of rotatable bonds is 11. The molecule has 0 bridgehead atoms. The number of benzene rings is 3. The number of ether oxygens (including phenoxy) is 2. The fourth-order valence-corrected chi connectivity index (χ4v) is 6.61. The van der Waals surface area contributed by atoms with Crippen molar-refractivity contribution in [3.63, 3.8) is 0 Å². The van der Waals surface area contributed by atoms with Gasteiger partial charge in [-0.2, -0.15) is 5.26 Å². The summed E-state index contributed by atoms with van der Waals surface area (Å²) in [5.41, 5.74) is 2.33. The summed E-state index contributed by atoms with van der Waals surface area (Å²) >= 11 is 12.6. The van der Waals surface area contributed by atoms with E-state index in [0.717, 1.165) is 16.7 Å². The molecular formula is C38H44Cl2N6O4. The van der Waals surface area contributed by atoms with Gasteiger partial charge in [-0.1, -0.05) is 53.5 Å². The quantitative estimate of drug-likeness (QED) is 0.239. The number of hydrogen-bond acceptors (Lipinski definition) is 7. The fraction of sp³-hybridized carbons (Fsp3) is 0.421. The van der Waals surface area contributed by atoms with Gasteiger partial charge in [0, 0.05) is 49.4 Å². The number of piperazine rings is 1. The number of methoxy groups -OCH3 is 1. The molecule has 50 heavy (non-hydrogen) atoms. The molecule has 3 aromatic rings. The van der Waals surface area contributed by atoms with Gasteiger partial charge in [0.15, 0.2) is 0 Å². The Labute approximate surface area is 304 Å². The minimum absolute atomic E-state index is 0.0828. The van der Waals surface area contributed by atoms with E-state index in [1.807, 2.05) is 104 Å². The number of urea groups is 1. The molecule has 264 valence electrons. The van der Waals surface area contributed by atoms with E-state index >= 15 is 0 Å². The Morgan fingerprint density at radius 2 is 1.62 bits per heavy atom. The van der Waals surface area contributed by atoms with E-state index in [0.29, 0.717) is 66.6 Å². The van der Waals surface area contributed by atoms with Crippen LogP contribution in [-0.2, 0) is 14.9 Å². The third kappa shape index (κ3) is 8.41.